The van der Waals surface area contributed by atoms with Gasteiger partial charge in [0.05, 0.1) is 23.7 Å². The van der Waals surface area contributed by atoms with Gasteiger partial charge >= 0.3 is 0 Å². The number of anilines is 2. The SMILES string of the molecule is COc1ncnc2ccc(N3CCN(c4nccnc4C4CC4)CC3)cc12. The van der Waals surface area contributed by atoms with Crippen LogP contribution in [0.5, 0.6) is 5.88 Å². The standard InChI is InChI=1S/C20H22N6O/c1-27-20-16-12-15(4-5-17(16)23-13-24-20)25-8-10-26(11-9-25)19-18(14-2-3-14)21-6-7-22-19/h4-7,12-14H,2-3,8-11H2,1H3. The highest BCUT2D eigenvalue weighted by molar-refractivity contribution is 5.86. The van der Waals surface area contributed by atoms with Crippen molar-refractivity contribution in [1.82, 2.24) is 19.9 Å². The molecular weight excluding hydrogens is 340 g/mol. The average molecular weight is 362 g/mol. The van der Waals surface area contributed by atoms with Gasteiger partial charge in [-0.2, -0.15) is 0 Å². The summed E-state index contributed by atoms with van der Waals surface area (Å²) in [7, 11) is 1.64. The summed E-state index contributed by atoms with van der Waals surface area (Å²) in [6.07, 6.45) is 7.65. The Hall–Kier alpha value is -2.96. The molecule has 0 radical (unpaired) electrons. The normalized spacial score (nSPS) is 17.4. The van der Waals surface area contributed by atoms with Crippen LogP contribution in [0, 0.1) is 0 Å². The minimum absolute atomic E-state index is 0.611. The van der Waals surface area contributed by atoms with Crippen molar-refractivity contribution in [2.75, 3.05) is 43.1 Å². The van der Waals surface area contributed by atoms with E-state index in [0.29, 0.717) is 11.8 Å². The molecule has 1 aliphatic carbocycles. The second kappa shape index (κ2) is 6.64. The van der Waals surface area contributed by atoms with Crippen molar-refractivity contribution in [2.45, 2.75) is 18.8 Å². The van der Waals surface area contributed by atoms with Crippen LogP contribution in [-0.4, -0.2) is 53.2 Å². The molecule has 1 saturated heterocycles. The Morgan fingerprint density at radius 2 is 1.70 bits per heavy atom. The molecule has 0 N–H and O–H groups in total. The summed E-state index contributed by atoms with van der Waals surface area (Å²) in [6.45, 7) is 3.78. The molecule has 7 heteroatoms. The largest absolute Gasteiger partial charge is 0.480 e. The van der Waals surface area contributed by atoms with Gasteiger partial charge in [0.15, 0.2) is 5.82 Å². The van der Waals surface area contributed by atoms with Crippen LogP contribution in [0.3, 0.4) is 0 Å². The molecule has 5 rings (SSSR count). The summed E-state index contributed by atoms with van der Waals surface area (Å²) in [5.74, 6) is 2.31. The number of rotatable bonds is 4. The molecule has 0 spiro atoms. The van der Waals surface area contributed by atoms with Crippen molar-refractivity contribution in [1.29, 1.82) is 0 Å². The van der Waals surface area contributed by atoms with Gasteiger partial charge in [0, 0.05) is 50.2 Å². The minimum Gasteiger partial charge on any atom is -0.480 e. The quantitative estimate of drug-likeness (QED) is 0.707. The Morgan fingerprint density at radius 1 is 0.926 bits per heavy atom. The summed E-state index contributed by atoms with van der Waals surface area (Å²) in [5.41, 5.74) is 3.26. The van der Waals surface area contributed by atoms with E-state index in [1.165, 1.54) is 30.6 Å². The van der Waals surface area contributed by atoms with Gasteiger partial charge in [0.1, 0.15) is 6.33 Å². The molecule has 2 aliphatic rings. The fourth-order valence-corrected chi connectivity index (χ4v) is 3.79. The summed E-state index contributed by atoms with van der Waals surface area (Å²) in [4.78, 5) is 22.6. The van der Waals surface area contributed by atoms with Gasteiger partial charge in [0.2, 0.25) is 5.88 Å². The predicted molar refractivity (Wildman–Crippen MR) is 105 cm³/mol. The van der Waals surface area contributed by atoms with Crippen LogP contribution in [0.15, 0.2) is 36.9 Å². The van der Waals surface area contributed by atoms with E-state index in [2.05, 4.69) is 41.9 Å². The van der Waals surface area contributed by atoms with Gasteiger partial charge in [-0.3, -0.25) is 4.98 Å². The minimum atomic E-state index is 0.611. The maximum atomic E-state index is 5.39. The maximum Gasteiger partial charge on any atom is 0.224 e. The van der Waals surface area contributed by atoms with E-state index >= 15 is 0 Å². The molecule has 7 nitrogen and oxygen atoms in total. The molecule has 2 fully saturated rings. The van der Waals surface area contributed by atoms with Crippen LogP contribution < -0.4 is 14.5 Å². The summed E-state index contributed by atoms with van der Waals surface area (Å²) >= 11 is 0. The third-order valence-corrected chi connectivity index (χ3v) is 5.39. The number of hydrogen-bond donors (Lipinski definition) is 0. The molecular formula is C20H22N6O. The summed E-state index contributed by atoms with van der Waals surface area (Å²) in [6, 6.07) is 6.29. The Balaban J connectivity index is 1.36. The summed E-state index contributed by atoms with van der Waals surface area (Å²) in [5, 5.41) is 0.949. The van der Waals surface area contributed by atoms with E-state index in [1.807, 2.05) is 18.5 Å². The molecule has 0 unspecified atom stereocenters. The van der Waals surface area contributed by atoms with Crippen LogP contribution in [0.25, 0.3) is 10.9 Å². The maximum absolute atomic E-state index is 5.39. The van der Waals surface area contributed by atoms with Crippen molar-refractivity contribution in [3.8, 4) is 5.88 Å². The molecule has 27 heavy (non-hydrogen) atoms. The van der Waals surface area contributed by atoms with E-state index in [1.54, 1.807) is 7.11 Å². The Labute approximate surface area is 158 Å². The fraction of sp³-hybridized carbons (Fsp3) is 0.400. The van der Waals surface area contributed by atoms with E-state index in [0.717, 1.165) is 42.9 Å². The van der Waals surface area contributed by atoms with Crippen molar-refractivity contribution < 1.29 is 4.74 Å². The van der Waals surface area contributed by atoms with Crippen LogP contribution in [0.2, 0.25) is 0 Å². The van der Waals surface area contributed by atoms with Crippen LogP contribution in [-0.2, 0) is 0 Å². The number of piperazine rings is 1. The number of ether oxygens (including phenoxy) is 1. The number of benzene rings is 1. The number of methoxy groups -OCH3 is 1. The van der Waals surface area contributed by atoms with Gasteiger partial charge < -0.3 is 14.5 Å². The van der Waals surface area contributed by atoms with E-state index in [9.17, 15) is 0 Å². The number of nitrogens with zero attached hydrogens (tertiary/aromatic N) is 6. The van der Waals surface area contributed by atoms with E-state index < -0.39 is 0 Å². The van der Waals surface area contributed by atoms with Gasteiger partial charge in [-0.15, -0.1) is 0 Å². The second-order valence-corrected chi connectivity index (χ2v) is 7.10. The van der Waals surface area contributed by atoms with E-state index in [4.69, 9.17) is 4.74 Å². The first-order valence-electron chi connectivity index (χ1n) is 9.43. The first kappa shape index (κ1) is 16.2. The van der Waals surface area contributed by atoms with E-state index in [-0.39, 0.29) is 0 Å². The Bertz CT molecular complexity index is 966. The Kier molecular flexibility index (Phi) is 3.99. The molecule has 1 saturated carbocycles. The first-order chi connectivity index (χ1) is 13.3. The molecule has 3 aromatic rings. The van der Waals surface area contributed by atoms with Gasteiger partial charge in [0.25, 0.3) is 0 Å². The smallest absolute Gasteiger partial charge is 0.224 e. The molecule has 0 bridgehead atoms. The zero-order valence-corrected chi connectivity index (χ0v) is 15.4. The molecule has 0 amide bonds. The van der Waals surface area contributed by atoms with Crippen molar-refractivity contribution in [3.63, 3.8) is 0 Å². The lowest BCUT2D eigenvalue weighted by Gasteiger charge is -2.37. The molecule has 1 aliphatic heterocycles. The lowest BCUT2D eigenvalue weighted by atomic mass is 10.1. The van der Waals surface area contributed by atoms with Crippen molar-refractivity contribution in [3.05, 3.63) is 42.6 Å². The zero-order valence-electron chi connectivity index (χ0n) is 15.4. The van der Waals surface area contributed by atoms with Gasteiger partial charge in [-0.25, -0.2) is 15.0 Å². The zero-order chi connectivity index (χ0) is 18.2. The lowest BCUT2D eigenvalue weighted by Crippen LogP contribution is -2.47. The molecule has 0 atom stereocenters. The third kappa shape index (κ3) is 3.03. The predicted octanol–water partition coefficient (Wildman–Crippen LogP) is 2.63. The topological polar surface area (TPSA) is 67.3 Å². The molecule has 3 heterocycles. The Morgan fingerprint density at radius 3 is 2.48 bits per heavy atom. The number of fused-ring (bicyclic) bond motifs is 1. The number of aromatic nitrogens is 4. The summed E-state index contributed by atoms with van der Waals surface area (Å²) < 4.78 is 5.39. The van der Waals surface area contributed by atoms with Gasteiger partial charge in [-0.05, 0) is 31.0 Å². The number of hydrogen-bond acceptors (Lipinski definition) is 7. The third-order valence-electron chi connectivity index (χ3n) is 5.39. The highest BCUT2D eigenvalue weighted by Gasteiger charge is 2.31. The second-order valence-electron chi connectivity index (χ2n) is 7.10. The monoisotopic (exact) mass is 362 g/mol. The van der Waals surface area contributed by atoms with Crippen LogP contribution in [0.1, 0.15) is 24.5 Å². The molecule has 2 aromatic heterocycles. The average Bonchev–Trinajstić information content (AvgIpc) is 3.58. The lowest BCUT2D eigenvalue weighted by molar-refractivity contribution is 0.402. The van der Waals surface area contributed by atoms with Crippen molar-refractivity contribution >= 4 is 22.4 Å². The molecule has 138 valence electrons. The van der Waals surface area contributed by atoms with Crippen molar-refractivity contribution in [2.24, 2.45) is 0 Å². The van der Waals surface area contributed by atoms with Crippen LogP contribution in [0.4, 0.5) is 11.5 Å². The fourth-order valence-electron chi connectivity index (χ4n) is 3.79. The first-order valence-corrected chi connectivity index (χ1v) is 9.43. The van der Waals surface area contributed by atoms with Gasteiger partial charge in [-0.1, -0.05) is 0 Å². The highest BCUT2D eigenvalue weighted by atomic mass is 16.5. The highest BCUT2D eigenvalue weighted by Crippen LogP contribution is 2.42. The van der Waals surface area contributed by atoms with Crippen LogP contribution >= 0.6 is 0 Å². The molecule has 1 aromatic carbocycles.